The molecule has 0 atom stereocenters. The van der Waals surface area contributed by atoms with Gasteiger partial charge in [0.2, 0.25) is 0 Å². The van der Waals surface area contributed by atoms with Gasteiger partial charge in [0.1, 0.15) is 6.61 Å². The number of aliphatic hydroxyl groups is 3. The van der Waals surface area contributed by atoms with E-state index < -0.39 is 56.3 Å². The Morgan fingerprint density at radius 2 is 1.41 bits per heavy atom. The van der Waals surface area contributed by atoms with Crippen molar-refractivity contribution in [3.05, 3.63) is 0 Å². The lowest BCUT2D eigenvalue weighted by atomic mass is 10.0. The topological polar surface area (TPSA) is 96.2 Å². The molecule has 0 aliphatic heterocycles. The maximum Gasteiger partial charge on any atom is 0.437 e. The summed E-state index contributed by atoms with van der Waals surface area (Å²) in [6.45, 7) is -2.76. The lowest BCUT2D eigenvalue weighted by Crippen LogP contribution is -2.63. The molecule has 6 nitrogen and oxygen atoms in total. The molecule has 0 heterocycles. The van der Waals surface area contributed by atoms with Gasteiger partial charge in [-0.05, 0) is 0 Å². The molecule has 0 amide bonds. The molecular weight excluding hydrogens is 330 g/mol. The lowest BCUT2D eigenvalue weighted by Gasteiger charge is -2.29. The van der Waals surface area contributed by atoms with Crippen LogP contribution in [-0.2, 0) is 14.3 Å². The van der Waals surface area contributed by atoms with Crippen molar-refractivity contribution in [2.75, 3.05) is 33.0 Å². The molecule has 0 radical (unpaired) electrons. The van der Waals surface area contributed by atoms with Crippen LogP contribution in [0.5, 0.6) is 0 Å². The van der Waals surface area contributed by atoms with Gasteiger partial charge in [-0.15, -0.1) is 0 Å². The summed E-state index contributed by atoms with van der Waals surface area (Å²) in [5.74, 6) is -3.62. The van der Waals surface area contributed by atoms with Crippen LogP contribution in [0.15, 0.2) is 0 Å². The van der Waals surface area contributed by atoms with E-state index in [0.29, 0.717) is 0 Å². The Morgan fingerprint density at radius 3 is 1.77 bits per heavy atom. The number of hydrogen-bond acceptors (Lipinski definition) is 6. The Balaban J connectivity index is 4.51. The second-order valence-corrected chi connectivity index (χ2v) is 4.15. The normalized spacial score (nSPS) is 13.5. The van der Waals surface area contributed by atoms with Crippen molar-refractivity contribution in [1.29, 1.82) is 0 Å². The fourth-order valence-electron chi connectivity index (χ4n) is 1.10. The Hall–Kier alpha value is -1.11. The third-order valence-electron chi connectivity index (χ3n) is 2.45. The van der Waals surface area contributed by atoms with E-state index in [1.165, 1.54) is 0 Å². The van der Waals surface area contributed by atoms with Crippen LogP contribution >= 0.6 is 0 Å². The largest absolute Gasteiger partial charge is 0.461 e. The minimum Gasteiger partial charge on any atom is -0.461 e. The van der Waals surface area contributed by atoms with Crippen LogP contribution in [0.4, 0.5) is 26.3 Å². The molecule has 0 fully saturated rings. The van der Waals surface area contributed by atoms with Crippen molar-refractivity contribution in [3.8, 4) is 0 Å². The molecule has 0 aromatic carbocycles. The molecular formula is C10H14F6O6. The van der Waals surface area contributed by atoms with Crippen LogP contribution < -0.4 is 0 Å². The van der Waals surface area contributed by atoms with Crippen molar-refractivity contribution < 1.29 is 55.9 Å². The Bertz CT molecular complexity index is 337. The first kappa shape index (κ1) is 20.9. The molecule has 0 saturated heterocycles. The number of hydrogen-bond donors (Lipinski definition) is 3. The van der Waals surface area contributed by atoms with Gasteiger partial charge in [0.25, 0.3) is 0 Å². The minimum absolute atomic E-state index is 0.257. The zero-order chi connectivity index (χ0) is 17.6. The van der Waals surface area contributed by atoms with Gasteiger partial charge in [-0.3, -0.25) is 0 Å². The summed E-state index contributed by atoms with van der Waals surface area (Å²) in [4.78, 5) is 10.9. The van der Waals surface area contributed by atoms with Gasteiger partial charge in [0.15, 0.2) is 0 Å². The van der Waals surface area contributed by atoms with Crippen LogP contribution in [0, 0.1) is 5.92 Å². The van der Waals surface area contributed by atoms with E-state index in [2.05, 4.69) is 9.47 Å². The number of esters is 1. The summed E-state index contributed by atoms with van der Waals surface area (Å²) >= 11 is 0. The van der Waals surface area contributed by atoms with E-state index in [1.54, 1.807) is 0 Å². The first-order valence-electron chi connectivity index (χ1n) is 5.74. The molecule has 0 aromatic rings. The number of carbonyl (C=O) groups excluding carboxylic acids is 1. The highest BCUT2D eigenvalue weighted by Crippen LogP contribution is 2.43. The first-order valence-corrected chi connectivity index (χ1v) is 5.74. The Morgan fingerprint density at radius 1 is 0.955 bits per heavy atom. The van der Waals surface area contributed by atoms with E-state index in [4.69, 9.17) is 15.3 Å². The fraction of sp³-hybridized carbons (Fsp3) is 0.900. The molecule has 0 saturated carbocycles. The molecule has 12 heteroatoms. The predicted molar refractivity (Wildman–Crippen MR) is 56.5 cm³/mol. The van der Waals surface area contributed by atoms with Gasteiger partial charge >= 0.3 is 23.9 Å². The van der Waals surface area contributed by atoms with Crippen molar-refractivity contribution in [1.82, 2.24) is 0 Å². The molecule has 0 spiro atoms. The molecule has 0 unspecified atom stereocenters. The molecule has 0 aliphatic carbocycles. The molecule has 132 valence electrons. The predicted octanol–water partition coefficient (Wildman–Crippen LogP) is 0.00270. The Labute approximate surface area is 120 Å². The van der Waals surface area contributed by atoms with Gasteiger partial charge in [-0.25, -0.2) is 4.79 Å². The smallest absolute Gasteiger partial charge is 0.437 e. The van der Waals surface area contributed by atoms with Crippen molar-refractivity contribution in [3.63, 3.8) is 0 Å². The summed E-state index contributed by atoms with van der Waals surface area (Å²) in [5, 5.41) is 25.9. The van der Waals surface area contributed by atoms with Crippen LogP contribution in [0.1, 0.15) is 0 Å². The number of rotatable bonds is 8. The zero-order valence-corrected chi connectivity index (χ0v) is 10.9. The zero-order valence-electron chi connectivity index (χ0n) is 10.9. The SMILES string of the molecule is O=C(OCCOCC(CO)CO)C(O)(C(F)(F)F)C(F)(F)F. The molecule has 0 rings (SSSR count). The number of halogens is 6. The molecule has 0 bridgehead atoms. The third-order valence-corrected chi connectivity index (χ3v) is 2.45. The quantitative estimate of drug-likeness (QED) is 0.326. The summed E-state index contributed by atoms with van der Waals surface area (Å²) < 4.78 is 82.0. The third kappa shape index (κ3) is 4.97. The van der Waals surface area contributed by atoms with Gasteiger partial charge in [-0.2, -0.15) is 26.3 Å². The first-order chi connectivity index (χ1) is 9.91. The lowest BCUT2D eigenvalue weighted by molar-refractivity contribution is -0.357. The summed E-state index contributed by atoms with van der Waals surface area (Å²) in [5.41, 5.74) is -5.63. The maximum absolute atomic E-state index is 12.3. The van der Waals surface area contributed by atoms with Crippen LogP contribution in [0.2, 0.25) is 0 Å². The van der Waals surface area contributed by atoms with Crippen LogP contribution in [-0.4, -0.2) is 72.3 Å². The highest BCUT2D eigenvalue weighted by Gasteiger charge is 2.76. The molecule has 0 aliphatic rings. The summed E-state index contributed by atoms with van der Waals surface area (Å²) in [6.07, 6.45) is -12.6. The standard InChI is InChI=1S/C10H14F6O6/c11-9(12,13)8(20,10(14,15)16)7(19)22-2-1-21-5-6(3-17)4-18/h6,17-18,20H,1-5H2. The van der Waals surface area contributed by atoms with Crippen molar-refractivity contribution in [2.45, 2.75) is 18.0 Å². The summed E-state index contributed by atoms with van der Waals surface area (Å²) in [6, 6.07) is 0. The fourth-order valence-corrected chi connectivity index (χ4v) is 1.10. The van der Waals surface area contributed by atoms with E-state index >= 15 is 0 Å². The number of aliphatic hydroxyl groups excluding tert-OH is 2. The second kappa shape index (κ2) is 7.94. The monoisotopic (exact) mass is 344 g/mol. The molecule has 0 aromatic heterocycles. The van der Waals surface area contributed by atoms with Gasteiger partial charge < -0.3 is 24.8 Å². The van der Waals surface area contributed by atoms with Crippen molar-refractivity contribution >= 4 is 5.97 Å². The average Bonchev–Trinajstić information content (AvgIpc) is 2.39. The van der Waals surface area contributed by atoms with Gasteiger partial charge in [-0.1, -0.05) is 0 Å². The van der Waals surface area contributed by atoms with Gasteiger partial charge in [0.05, 0.1) is 26.4 Å². The van der Waals surface area contributed by atoms with E-state index in [0.717, 1.165) is 0 Å². The summed E-state index contributed by atoms with van der Waals surface area (Å²) in [7, 11) is 0. The Kier molecular flexibility index (Phi) is 7.54. The van der Waals surface area contributed by atoms with Crippen molar-refractivity contribution in [2.24, 2.45) is 5.92 Å². The van der Waals surface area contributed by atoms with E-state index in [9.17, 15) is 31.1 Å². The second-order valence-electron chi connectivity index (χ2n) is 4.15. The number of alkyl halides is 6. The highest BCUT2D eigenvalue weighted by molar-refractivity contribution is 5.81. The van der Waals surface area contributed by atoms with E-state index in [1.807, 2.05) is 0 Å². The van der Waals surface area contributed by atoms with E-state index in [-0.39, 0.29) is 6.61 Å². The molecule has 3 N–H and O–H groups in total. The van der Waals surface area contributed by atoms with Crippen LogP contribution in [0.25, 0.3) is 0 Å². The number of carbonyl (C=O) groups is 1. The average molecular weight is 344 g/mol. The van der Waals surface area contributed by atoms with Crippen LogP contribution in [0.3, 0.4) is 0 Å². The molecule has 22 heavy (non-hydrogen) atoms. The highest BCUT2D eigenvalue weighted by atomic mass is 19.4. The maximum atomic E-state index is 12.3. The minimum atomic E-state index is -6.30. The van der Waals surface area contributed by atoms with Gasteiger partial charge in [0, 0.05) is 5.92 Å². The number of ether oxygens (including phenoxy) is 2.